The molecule has 0 radical (unpaired) electrons. The van der Waals surface area contributed by atoms with Crippen molar-refractivity contribution >= 4 is 33.5 Å². The highest BCUT2D eigenvalue weighted by molar-refractivity contribution is 7.89. The minimum absolute atomic E-state index is 0.0268. The molecule has 1 aliphatic heterocycles. The fourth-order valence-corrected chi connectivity index (χ4v) is 4.42. The van der Waals surface area contributed by atoms with Gasteiger partial charge in [0.15, 0.2) is 17.4 Å². The van der Waals surface area contributed by atoms with Crippen LogP contribution in [0.3, 0.4) is 0 Å². The third kappa shape index (κ3) is 4.33. The molecule has 0 saturated carbocycles. The largest absolute Gasteiger partial charge is 0.505 e. The first kappa shape index (κ1) is 23.3. The van der Waals surface area contributed by atoms with Crippen molar-refractivity contribution in [2.24, 2.45) is 8.80 Å². The van der Waals surface area contributed by atoms with E-state index in [2.05, 4.69) is 8.80 Å². The van der Waals surface area contributed by atoms with Crippen LogP contribution < -0.4 is 4.90 Å². The van der Waals surface area contributed by atoms with Crippen LogP contribution in [0.2, 0.25) is 0 Å². The molecule has 1 N–H and O–H groups in total. The lowest BCUT2D eigenvalue weighted by Crippen LogP contribution is -2.42. The summed E-state index contributed by atoms with van der Waals surface area (Å²) in [6.45, 7) is 3.86. The lowest BCUT2D eigenvalue weighted by molar-refractivity contribution is 0.0824. The highest BCUT2D eigenvalue weighted by Crippen LogP contribution is 2.33. The van der Waals surface area contributed by atoms with Crippen LogP contribution in [0.4, 0.5) is 5.69 Å². The van der Waals surface area contributed by atoms with Crippen LogP contribution in [-0.2, 0) is 10.2 Å². The molecule has 2 aromatic rings. The van der Waals surface area contributed by atoms with Crippen molar-refractivity contribution in [3.05, 3.63) is 47.4 Å². The van der Waals surface area contributed by atoms with Gasteiger partial charge in [-0.3, -0.25) is 4.79 Å². The zero-order valence-electron chi connectivity index (χ0n) is 18.9. The van der Waals surface area contributed by atoms with E-state index in [9.17, 15) is 18.3 Å². The third-order valence-electron chi connectivity index (χ3n) is 5.20. The number of carbonyl (C=O) groups is 1. The van der Waals surface area contributed by atoms with Gasteiger partial charge in [-0.1, -0.05) is 13.0 Å². The number of hydrogen-bond donors (Lipinski definition) is 1. The first-order valence-electron chi connectivity index (χ1n) is 9.97. The summed E-state index contributed by atoms with van der Waals surface area (Å²) in [7, 11) is 2.31. The van der Waals surface area contributed by atoms with Crippen LogP contribution in [0.1, 0.15) is 41.1 Å². The van der Waals surface area contributed by atoms with E-state index in [0.29, 0.717) is 12.2 Å². The van der Waals surface area contributed by atoms with E-state index in [1.807, 2.05) is 19.9 Å². The number of phenolic OH excluding ortho intramolecular Hbond substituents is 1. The molecular formula is C21H27N5O5S. The van der Waals surface area contributed by atoms with Gasteiger partial charge in [-0.2, -0.15) is 8.42 Å². The number of phenols is 1. The first-order valence-corrected chi connectivity index (χ1v) is 11.4. The number of likely N-dealkylation sites (N-methyl/N-ethyl adjacent to an activating group) is 2. The topological polar surface area (TPSA) is 119 Å². The van der Waals surface area contributed by atoms with E-state index in [4.69, 9.17) is 4.42 Å². The molecule has 3 rings (SSSR count). The van der Waals surface area contributed by atoms with Gasteiger partial charge in [-0.25, -0.2) is 0 Å². The fraction of sp³-hybridized carbons (Fsp3) is 0.381. The van der Waals surface area contributed by atoms with Gasteiger partial charge in [0, 0.05) is 28.2 Å². The Kier molecular flexibility index (Phi) is 6.31. The number of nitrogens with zero attached hydrogens (tertiary/aromatic N) is 5. The molecule has 0 aliphatic carbocycles. The zero-order chi connectivity index (χ0) is 23.8. The second kappa shape index (κ2) is 8.65. The molecular weight excluding hydrogens is 434 g/mol. The molecule has 1 aliphatic rings. The minimum atomic E-state index is -4.11. The highest BCUT2D eigenvalue weighted by atomic mass is 32.2. The molecule has 172 valence electrons. The molecule has 0 bridgehead atoms. The molecule has 1 aromatic heterocycles. The van der Waals surface area contributed by atoms with E-state index >= 15 is 0 Å². The summed E-state index contributed by atoms with van der Waals surface area (Å²) in [6, 6.07) is 6.27. The maximum Gasteiger partial charge on any atom is 0.367 e. The summed E-state index contributed by atoms with van der Waals surface area (Å²) in [6.07, 6.45) is 2.25. The average Bonchev–Trinajstić information content (AvgIpc) is 3.30. The lowest BCUT2D eigenvalue weighted by Gasteiger charge is -2.30. The van der Waals surface area contributed by atoms with Gasteiger partial charge in [0.05, 0.1) is 23.6 Å². The summed E-state index contributed by atoms with van der Waals surface area (Å²) in [5.74, 6) is 0.138. The van der Waals surface area contributed by atoms with Gasteiger partial charge >= 0.3 is 10.2 Å². The molecule has 1 amide bonds. The summed E-state index contributed by atoms with van der Waals surface area (Å²) in [5.41, 5.74) is 1.26. The minimum Gasteiger partial charge on any atom is -0.505 e. The van der Waals surface area contributed by atoms with Crippen molar-refractivity contribution in [1.29, 1.82) is 0 Å². The number of para-hydroxylation sites is 1. The number of anilines is 1. The molecule has 1 aromatic carbocycles. The average molecular weight is 462 g/mol. The van der Waals surface area contributed by atoms with Crippen molar-refractivity contribution in [3.63, 3.8) is 0 Å². The Hall–Kier alpha value is -3.34. The SMILES string of the molecule is CC[C@H](c1cc(C)co1)N(C)C1=NS(=O)(=O)N=C1N(C)c1cccc(C(=O)N(C)C)c1O. The molecule has 0 spiro atoms. The number of amides is 1. The number of aromatic hydroxyl groups is 1. The maximum atomic E-state index is 12.4. The molecule has 10 nitrogen and oxygen atoms in total. The fourth-order valence-electron chi connectivity index (χ4n) is 3.53. The Labute approximate surface area is 187 Å². The van der Waals surface area contributed by atoms with Crippen molar-refractivity contribution in [2.75, 3.05) is 33.1 Å². The quantitative estimate of drug-likeness (QED) is 0.727. The Morgan fingerprint density at radius 2 is 1.81 bits per heavy atom. The Morgan fingerprint density at radius 1 is 1.16 bits per heavy atom. The number of amidine groups is 2. The van der Waals surface area contributed by atoms with E-state index in [-0.39, 0.29) is 40.6 Å². The Morgan fingerprint density at radius 3 is 2.38 bits per heavy atom. The number of carbonyl (C=O) groups excluding carboxylic acids is 1. The monoisotopic (exact) mass is 461 g/mol. The van der Waals surface area contributed by atoms with Crippen LogP contribution in [0, 0.1) is 6.92 Å². The van der Waals surface area contributed by atoms with E-state index < -0.39 is 10.2 Å². The van der Waals surface area contributed by atoms with Crippen LogP contribution in [0.25, 0.3) is 0 Å². The van der Waals surface area contributed by atoms with Gasteiger partial charge in [0.1, 0.15) is 5.76 Å². The lowest BCUT2D eigenvalue weighted by atomic mass is 10.1. The normalized spacial score (nSPS) is 15.7. The molecule has 2 heterocycles. The van der Waals surface area contributed by atoms with Gasteiger partial charge in [-0.05, 0) is 37.1 Å². The molecule has 32 heavy (non-hydrogen) atoms. The first-order chi connectivity index (χ1) is 15.0. The molecule has 0 fully saturated rings. The van der Waals surface area contributed by atoms with Gasteiger partial charge < -0.3 is 24.2 Å². The van der Waals surface area contributed by atoms with Crippen LogP contribution in [-0.4, -0.2) is 69.1 Å². The predicted molar refractivity (Wildman–Crippen MR) is 123 cm³/mol. The van der Waals surface area contributed by atoms with E-state index in [1.165, 1.54) is 15.9 Å². The van der Waals surface area contributed by atoms with Crippen molar-refractivity contribution in [1.82, 2.24) is 9.80 Å². The van der Waals surface area contributed by atoms with Crippen molar-refractivity contribution in [2.45, 2.75) is 26.3 Å². The summed E-state index contributed by atoms with van der Waals surface area (Å²) in [4.78, 5) is 16.8. The van der Waals surface area contributed by atoms with Crippen molar-refractivity contribution < 1.29 is 22.7 Å². The maximum absolute atomic E-state index is 12.4. The smallest absolute Gasteiger partial charge is 0.367 e. The molecule has 11 heteroatoms. The number of benzene rings is 1. The standard InChI is InChI=1S/C21H27N5O5S/c1-7-15(17-11-13(2)12-31-17)25(5)19-20(23-32(29,30)22-19)26(6)16-10-8-9-14(18(16)27)21(28)24(3)4/h8-12,15,27H,7H2,1-6H3/t15-/m1/s1. The van der Waals surface area contributed by atoms with E-state index in [0.717, 1.165) is 5.56 Å². The predicted octanol–water partition coefficient (Wildman–Crippen LogP) is 2.57. The second-order valence-corrected chi connectivity index (χ2v) is 9.03. The Bertz CT molecular complexity index is 1200. The molecule has 0 saturated heterocycles. The van der Waals surface area contributed by atoms with Gasteiger partial charge in [-0.15, -0.1) is 8.80 Å². The van der Waals surface area contributed by atoms with E-state index in [1.54, 1.807) is 51.5 Å². The van der Waals surface area contributed by atoms with Crippen LogP contribution in [0.5, 0.6) is 5.75 Å². The van der Waals surface area contributed by atoms with Gasteiger partial charge in [0.2, 0.25) is 0 Å². The summed E-state index contributed by atoms with van der Waals surface area (Å²) < 4.78 is 37.9. The summed E-state index contributed by atoms with van der Waals surface area (Å²) in [5, 5.41) is 10.8. The second-order valence-electron chi connectivity index (χ2n) is 7.77. The highest BCUT2D eigenvalue weighted by Gasteiger charge is 2.35. The summed E-state index contributed by atoms with van der Waals surface area (Å²) >= 11 is 0. The molecule has 1 atom stereocenters. The van der Waals surface area contributed by atoms with Crippen molar-refractivity contribution in [3.8, 4) is 5.75 Å². The van der Waals surface area contributed by atoms with Crippen LogP contribution >= 0.6 is 0 Å². The zero-order valence-corrected chi connectivity index (χ0v) is 19.7. The van der Waals surface area contributed by atoms with Crippen LogP contribution in [0.15, 0.2) is 43.7 Å². The third-order valence-corrected chi connectivity index (χ3v) is 6.01. The molecule has 0 unspecified atom stereocenters. The number of rotatable bonds is 5. The number of furan rings is 1. The number of aryl methyl sites for hydroxylation is 1. The number of hydrogen-bond acceptors (Lipinski definition) is 7. The van der Waals surface area contributed by atoms with Gasteiger partial charge in [0.25, 0.3) is 5.91 Å². The Balaban J connectivity index is 2.03.